The summed E-state index contributed by atoms with van der Waals surface area (Å²) in [5, 5.41) is 7.43. The van der Waals surface area contributed by atoms with Crippen LogP contribution in [0.1, 0.15) is 43.1 Å². The number of benzene rings is 3. The van der Waals surface area contributed by atoms with E-state index in [4.69, 9.17) is 30.5 Å². The number of carbonyl (C=O) groups excluding carboxylic acids is 2. The Kier molecular flexibility index (Phi) is 12.4. The molecule has 0 radical (unpaired) electrons. The van der Waals surface area contributed by atoms with E-state index in [0.29, 0.717) is 68.2 Å². The lowest BCUT2D eigenvalue weighted by molar-refractivity contribution is -0.118. The summed E-state index contributed by atoms with van der Waals surface area (Å²) in [6, 6.07) is 15.3. The lowest BCUT2D eigenvalue weighted by Crippen LogP contribution is -2.20. The molecule has 3 rings (SSSR count). The number of ether oxygens (including phenoxy) is 4. The largest absolute Gasteiger partial charge is 0.490 e. The molecule has 0 aromatic heterocycles. The molecular weight excluding hydrogens is 649 g/mol. The van der Waals surface area contributed by atoms with E-state index < -0.39 is 5.91 Å². The Hall–Kier alpha value is -3.51. The highest BCUT2D eigenvalue weighted by molar-refractivity contribution is 14.1. The number of hydrogen-bond acceptors (Lipinski definition) is 7. The summed E-state index contributed by atoms with van der Waals surface area (Å²) < 4.78 is 23.6. The molecule has 0 heterocycles. The van der Waals surface area contributed by atoms with Crippen LogP contribution in [0.2, 0.25) is 5.02 Å². The Bertz CT molecular complexity index is 1330. The van der Waals surface area contributed by atoms with Crippen molar-refractivity contribution < 1.29 is 28.5 Å². The SMILES string of the molecule is CCCOc1ccc(C(=O)N/N=C/c2cc(I)c(OCC(=O)Nc3ccc(Cl)cc3)c(OCC)c2)cc1OCC. The first-order chi connectivity index (χ1) is 19.3. The van der Waals surface area contributed by atoms with Crippen LogP contribution in [0.25, 0.3) is 0 Å². The molecule has 0 aliphatic carbocycles. The molecular formula is C29H31ClIN3O6. The zero-order chi connectivity index (χ0) is 28.9. The third-order valence-electron chi connectivity index (χ3n) is 5.15. The smallest absolute Gasteiger partial charge is 0.271 e. The van der Waals surface area contributed by atoms with Crippen LogP contribution in [-0.4, -0.2) is 44.5 Å². The molecule has 3 aromatic rings. The first-order valence-corrected chi connectivity index (χ1v) is 14.2. The first kappa shape index (κ1) is 31.0. The molecule has 40 heavy (non-hydrogen) atoms. The minimum Gasteiger partial charge on any atom is -0.490 e. The second-order valence-electron chi connectivity index (χ2n) is 8.25. The van der Waals surface area contributed by atoms with Crippen molar-refractivity contribution in [1.82, 2.24) is 5.43 Å². The highest BCUT2D eigenvalue weighted by Crippen LogP contribution is 2.34. The summed E-state index contributed by atoms with van der Waals surface area (Å²) in [5.41, 5.74) is 4.20. The third-order valence-corrected chi connectivity index (χ3v) is 6.21. The summed E-state index contributed by atoms with van der Waals surface area (Å²) in [6.07, 6.45) is 2.36. The Morgan fingerprint density at radius 3 is 2.33 bits per heavy atom. The van der Waals surface area contributed by atoms with Crippen LogP contribution < -0.4 is 29.7 Å². The van der Waals surface area contributed by atoms with E-state index in [9.17, 15) is 9.59 Å². The average molecular weight is 680 g/mol. The number of hydrazone groups is 1. The molecule has 212 valence electrons. The van der Waals surface area contributed by atoms with Crippen LogP contribution in [-0.2, 0) is 4.79 Å². The molecule has 0 unspecified atom stereocenters. The van der Waals surface area contributed by atoms with E-state index in [1.807, 2.05) is 20.8 Å². The number of anilines is 1. The van der Waals surface area contributed by atoms with Gasteiger partial charge in [0.2, 0.25) is 0 Å². The van der Waals surface area contributed by atoms with Crippen LogP contribution in [0.3, 0.4) is 0 Å². The van der Waals surface area contributed by atoms with Crippen molar-refractivity contribution in [3.63, 3.8) is 0 Å². The highest BCUT2D eigenvalue weighted by Gasteiger charge is 2.15. The van der Waals surface area contributed by atoms with E-state index in [-0.39, 0.29) is 12.5 Å². The molecule has 2 amide bonds. The van der Waals surface area contributed by atoms with Gasteiger partial charge in [0.15, 0.2) is 29.6 Å². The predicted octanol–water partition coefficient (Wildman–Crippen LogP) is 6.31. The van der Waals surface area contributed by atoms with Gasteiger partial charge >= 0.3 is 0 Å². The summed E-state index contributed by atoms with van der Waals surface area (Å²) in [5.74, 6) is 1.25. The minimum absolute atomic E-state index is 0.214. The molecule has 0 spiro atoms. The van der Waals surface area contributed by atoms with Crippen molar-refractivity contribution in [2.75, 3.05) is 31.7 Å². The second-order valence-corrected chi connectivity index (χ2v) is 9.85. The van der Waals surface area contributed by atoms with Crippen LogP contribution in [0.15, 0.2) is 59.7 Å². The van der Waals surface area contributed by atoms with Crippen molar-refractivity contribution in [2.45, 2.75) is 27.2 Å². The zero-order valence-corrected chi connectivity index (χ0v) is 25.4. The first-order valence-electron chi connectivity index (χ1n) is 12.7. The Balaban J connectivity index is 1.66. The van der Waals surface area contributed by atoms with Gasteiger partial charge in [0.05, 0.1) is 29.6 Å². The molecule has 3 aromatic carbocycles. The van der Waals surface area contributed by atoms with Crippen molar-refractivity contribution in [3.05, 3.63) is 74.3 Å². The summed E-state index contributed by atoms with van der Waals surface area (Å²) in [7, 11) is 0. The molecule has 9 nitrogen and oxygen atoms in total. The maximum Gasteiger partial charge on any atom is 0.271 e. The van der Waals surface area contributed by atoms with Gasteiger partial charge in [-0.1, -0.05) is 18.5 Å². The molecule has 0 atom stereocenters. The summed E-state index contributed by atoms with van der Waals surface area (Å²) in [4.78, 5) is 25.1. The lowest BCUT2D eigenvalue weighted by Gasteiger charge is -2.14. The molecule has 11 heteroatoms. The van der Waals surface area contributed by atoms with Gasteiger partial charge in [0.1, 0.15) is 0 Å². The van der Waals surface area contributed by atoms with E-state index >= 15 is 0 Å². The highest BCUT2D eigenvalue weighted by atomic mass is 127. The van der Waals surface area contributed by atoms with Crippen molar-refractivity contribution >= 4 is 57.9 Å². The quantitative estimate of drug-likeness (QED) is 0.118. The number of hydrogen-bond donors (Lipinski definition) is 2. The fourth-order valence-electron chi connectivity index (χ4n) is 3.41. The minimum atomic E-state index is -0.398. The van der Waals surface area contributed by atoms with Crippen LogP contribution in [0, 0.1) is 3.57 Å². The van der Waals surface area contributed by atoms with Gasteiger partial charge in [-0.25, -0.2) is 5.43 Å². The zero-order valence-electron chi connectivity index (χ0n) is 22.5. The van der Waals surface area contributed by atoms with Crippen molar-refractivity contribution in [2.24, 2.45) is 5.10 Å². The van der Waals surface area contributed by atoms with Crippen LogP contribution in [0.5, 0.6) is 23.0 Å². The summed E-state index contributed by atoms with van der Waals surface area (Å²) in [6.45, 7) is 6.90. The Morgan fingerprint density at radius 2 is 1.62 bits per heavy atom. The van der Waals surface area contributed by atoms with Gasteiger partial charge in [-0.05, 0) is 103 Å². The molecule has 0 saturated heterocycles. The third kappa shape index (κ3) is 9.30. The maximum atomic E-state index is 12.7. The van der Waals surface area contributed by atoms with Gasteiger partial charge in [0.25, 0.3) is 11.8 Å². The molecule has 0 bridgehead atoms. The average Bonchev–Trinajstić information content (AvgIpc) is 2.93. The van der Waals surface area contributed by atoms with E-state index in [2.05, 4.69) is 38.4 Å². The van der Waals surface area contributed by atoms with Gasteiger partial charge in [0, 0.05) is 16.3 Å². The number of amides is 2. The number of halogens is 2. The van der Waals surface area contributed by atoms with E-state index in [1.165, 1.54) is 6.21 Å². The lowest BCUT2D eigenvalue weighted by atomic mass is 10.2. The van der Waals surface area contributed by atoms with Crippen LogP contribution >= 0.6 is 34.2 Å². The normalized spacial score (nSPS) is 10.7. The molecule has 0 aliphatic heterocycles. The fourth-order valence-corrected chi connectivity index (χ4v) is 4.32. The number of nitrogens with zero attached hydrogens (tertiary/aromatic N) is 1. The Labute approximate surface area is 252 Å². The molecule has 2 N–H and O–H groups in total. The van der Waals surface area contributed by atoms with Gasteiger partial charge in [-0.2, -0.15) is 5.10 Å². The molecule has 0 saturated carbocycles. The monoisotopic (exact) mass is 679 g/mol. The van der Waals surface area contributed by atoms with Gasteiger partial charge in [-0.15, -0.1) is 0 Å². The Morgan fingerprint density at radius 1 is 0.900 bits per heavy atom. The number of carbonyl (C=O) groups is 2. The number of nitrogens with one attached hydrogen (secondary N) is 2. The fraction of sp³-hybridized carbons (Fsp3) is 0.276. The number of rotatable bonds is 14. The van der Waals surface area contributed by atoms with Crippen molar-refractivity contribution in [3.8, 4) is 23.0 Å². The van der Waals surface area contributed by atoms with Gasteiger partial charge < -0.3 is 24.3 Å². The predicted molar refractivity (Wildman–Crippen MR) is 164 cm³/mol. The second kappa shape index (κ2) is 15.9. The van der Waals surface area contributed by atoms with E-state index in [0.717, 1.165) is 6.42 Å². The molecule has 0 fully saturated rings. The topological polar surface area (TPSA) is 107 Å². The molecule has 0 aliphatic rings. The maximum absolute atomic E-state index is 12.7. The van der Waals surface area contributed by atoms with E-state index in [1.54, 1.807) is 54.6 Å². The standard InChI is InChI=1S/C29H31ClIN3O6/c1-4-13-39-24-12-7-20(16-25(24)37-5-2)29(36)34-32-17-19-14-23(31)28(26(15-19)38-6-3)40-18-27(35)33-22-10-8-21(30)9-11-22/h7-12,14-17H,4-6,13,18H2,1-3H3,(H,33,35)(H,34,36)/b32-17+. The summed E-state index contributed by atoms with van der Waals surface area (Å²) >= 11 is 7.98. The van der Waals surface area contributed by atoms with Crippen molar-refractivity contribution in [1.29, 1.82) is 0 Å². The van der Waals surface area contributed by atoms with Crippen LogP contribution in [0.4, 0.5) is 5.69 Å². The van der Waals surface area contributed by atoms with Gasteiger partial charge in [-0.3, -0.25) is 9.59 Å².